The minimum absolute atomic E-state index is 0.332. The highest BCUT2D eigenvalue weighted by molar-refractivity contribution is 5.75. The summed E-state index contributed by atoms with van der Waals surface area (Å²) in [6, 6.07) is 4.17. The number of rotatable bonds is 15. The fourth-order valence-corrected chi connectivity index (χ4v) is 3.49. The van der Waals surface area contributed by atoms with Crippen molar-refractivity contribution in [2.24, 2.45) is 0 Å². The zero-order valence-corrected chi connectivity index (χ0v) is 17.0. The van der Waals surface area contributed by atoms with Crippen LogP contribution < -0.4 is 0 Å². The molecule has 0 saturated carbocycles. The van der Waals surface area contributed by atoms with E-state index in [1.807, 2.05) is 6.20 Å². The third-order valence-corrected chi connectivity index (χ3v) is 5.14. The molecule has 27 heavy (non-hydrogen) atoms. The summed E-state index contributed by atoms with van der Waals surface area (Å²) in [5, 5.41) is 1.01. The monoisotopic (exact) mass is 369 g/mol. The predicted molar refractivity (Wildman–Crippen MR) is 112 cm³/mol. The highest BCUT2D eigenvalue weighted by Crippen LogP contribution is 2.14. The van der Waals surface area contributed by atoms with E-state index in [0.717, 1.165) is 36.0 Å². The van der Waals surface area contributed by atoms with Crippen molar-refractivity contribution in [1.29, 1.82) is 0 Å². The molecule has 0 amide bonds. The maximum atomic E-state index is 10.9. The van der Waals surface area contributed by atoms with Crippen LogP contribution in [0.15, 0.2) is 24.7 Å². The Hall–Kier alpha value is -1.84. The Kier molecular flexibility index (Phi) is 10.6. The molecule has 0 atom stereocenters. The number of hydrogen-bond acceptors (Lipinski definition) is 4. The fraction of sp³-hybridized carbons (Fsp3) is 0.652. The number of aryl methyl sites for hydroxylation is 1. The second-order valence-electron chi connectivity index (χ2n) is 7.68. The Morgan fingerprint density at radius 3 is 2.04 bits per heavy atom. The van der Waals surface area contributed by atoms with Gasteiger partial charge in [0.2, 0.25) is 0 Å². The average Bonchev–Trinajstić information content (AvgIpc) is 2.68. The van der Waals surface area contributed by atoms with Crippen molar-refractivity contribution in [2.45, 2.75) is 96.8 Å². The van der Waals surface area contributed by atoms with E-state index in [1.54, 1.807) is 13.3 Å². The Bertz CT molecular complexity index is 671. The first-order valence-corrected chi connectivity index (χ1v) is 10.8. The SMILES string of the molecule is CC(=O)CCCCCCCCCCCCCCc1ccc2cncnc2n1. The first-order chi connectivity index (χ1) is 13.3. The lowest BCUT2D eigenvalue weighted by Gasteiger charge is -2.04. The molecule has 4 heteroatoms. The van der Waals surface area contributed by atoms with Crippen molar-refractivity contribution in [3.63, 3.8) is 0 Å². The summed E-state index contributed by atoms with van der Waals surface area (Å²) in [5.41, 5.74) is 1.95. The molecule has 2 aromatic heterocycles. The van der Waals surface area contributed by atoms with Crippen LogP contribution in [0, 0.1) is 0 Å². The summed E-state index contributed by atoms with van der Waals surface area (Å²) in [6.07, 6.45) is 20.8. The van der Waals surface area contributed by atoms with E-state index < -0.39 is 0 Å². The molecule has 0 aliphatic heterocycles. The molecule has 0 unspecified atom stereocenters. The summed E-state index contributed by atoms with van der Waals surface area (Å²) >= 11 is 0. The number of aromatic nitrogens is 3. The molecule has 2 heterocycles. The van der Waals surface area contributed by atoms with Crippen LogP contribution in [0.4, 0.5) is 0 Å². The van der Waals surface area contributed by atoms with Gasteiger partial charge in [0.1, 0.15) is 12.1 Å². The molecule has 0 N–H and O–H groups in total. The number of nitrogens with zero attached hydrogens (tertiary/aromatic N) is 3. The standard InChI is InChI=1S/C23H35N3O/c1-20(27)14-12-10-8-6-4-2-3-5-7-9-11-13-15-22-17-16-21-18-24-19-25-23(21)26-22/h16-19H,2-15H2,1H3. The van der Waals surface area contributed by atoms with Crippen molar-refractivity contribution >= 4 is 16.8 Å². The van der Waals surface area contributed by atoms with Crippen LogP contribution in [0.2, 0.25) is 0 Å². The second kappa shape index (κ2) is 13.3. The van der Waals surface area contributed by atoms with Gasteiger partial charge in [0.05, 0.1) is 0 Å². The van der Waals surface area contributed by atoms with Crippen molar-refractivity contribution in [3.05, 3.63) is 30.4 Å². The Balaban J connectivity index is 1.39. The van der Waals surface area contributed by atoms with Crippen molar-refractivity contribution in [2.75, 3.05) is 0 Å². The van der Waals surface area contributed by atoms with E-state index in [1.165, 1.54) is 70.6 Å². The van der Waals surface area contributed by atoms with Gasteiger partial charge >= 0.3 is 0 Å². The molecular formula is C23H35N3O. The van der Waals surface area contributed by atoms with Gasteiger partial charge in [-0.25, -0.2) is 15.0 Å². The molecule has 0 aromatic carbocycles. The Morgan fingerprint density at radius 1 is 0.815 bits per heavy atom. The van der Waals surface area contributed by atoms with Gasteiger partial charge in [0.15, 0.2) is 5.65 Å². The average molecular weight is 370 g/mol. The highest BCUT2D eigenvalue weighted by Gasteiger charge is 2.00. The van der Waals surface area contributed by atoms with Crippen LogP contribution in [0.3, 0.4) is 0 Å². The molecule has 4 nitrogen and oxygen atoms in total. The van der Waals surface area contributed by atoms with Crippen LogP contribution in [-0.2, 0) is 11.2 Å². The molecule has 0 bridgehead atoms. The molecule has 0 aliphatic carbocycles. The van der Waals surface area contributed by atoms with Crippen LogP contribution >= 0.6 is 0 Å². The third kappa shape index (κ3) is 9.60. The van der Waals surface area contributed by atoms with Crippen molar-refractivity contribution in [1.82, 2.24) is 15.0 Å². The minimum Gasteiger partial charge on any atom is -0.300 e. The van der Waals surface area contributed by atoms with Gasteiger partial charge in [-0.2, -0.15) is 0 Å². The quantitative estimate of drug-likeness (QED) is 0.349. The number of fused-ring (bicyclic) bond motifs is 1. The zero-order chi connectivity index (χ0) is 19.2. The molecular weight excluding hydrogens is 334 g/mol. The van der Waals surface area contributed by atoms with Crippen LogP contribution in [0.25, 0.3) is 11.0 Å². The van der Waals surface area contributed by atoms with E-state index in [0.29, 0.717) is 5.78 Å². The summed E-state index contributed by atoms with van der Waals surface area (Å²) in [5.74, 6) is 0.332. The maximum Gasteiger partial charge on any atom is 0.162 e. The van der Waals surface area contributed by atoms with E-state index in [9.17, 15) is 4.79 Å². The summed E-state index contributed by atoms with van der Waals surface area (Å²) in [4.78, 5) is 23.7. The molecule has 0 radical (unpaired) electrons. The number of carbonyl (C=O) groups is 1. The maximum absolute atomic E-state index is 10.9. The third-order valence-electron chi connectivity index (χ3n) is 5.14. The van der Waals surface area contributed by atoms with Gasteiger partial charge in [-0.1, -0.05) is 64.2 Å². The van der Waals surface area contributed by atoms with Gasteiger partial charge in [-0.3, -0.25) is 0 Å². The molecule has 0 aliphatic rings. The lowest BCUT2D eigenvalue weighted by Crippen LogP contribution is -1.93. The summed E-state index contributed by atoms with van der Waals surface area (Å²) in [6.45, 7) is 1.69. The molecule has 0 spiro atoms. The molecule has 148 valence electrons. The number of hydrogen-bond donors (Lipinski definition) is 0. The highest BCUT2D eigenvalue weighted by atomic mass is 16.1. The summed E-state index contributed by atoms with van der Waals surface area (Å²) in [7, 11) is 0. The van der Waals surface area contributed by atoms with E-state index >= 15 is 0 Å². The Morgan fingerprint density at radius 2 is 1.41 bits per heavy atom. The van der Waals surface area contributed by atoms with Gasteiger partial charge in [-0.15, -0.1) is 0 Å². The second-order valence-corrected chi connectivity index (χ2v) is 7.68. The van der Waals surface area contributed by atoms with Gasteiger partial charge in [0.25, 0.3) is 0 Å². The van der Waals surface area contributed by atoms with E-state index in [2.05, 4.69) is 27.1 Å². The van der Waals surface area contributed by atoms with Gasteiger partial charge in [-0.05, 0) is 38.3 Å². The predicted octanol–water partition coefficient (Wildman–Crippen LogP) is 6.23. The zero-order valence-electron chi connectivity index (χ0n) is 17.0. The number of Topliss-reactive ketones (excluding diaryl/α,β-unsaturated/α-hetero) is 1. The largest absolute Gasteiger partial charge is 0.300 e. The van der Waals surface area contributed by atoms with Gasteiger partial charge < -0.3 is 4.79 Å². The molecule has 2 rings (SSSR count). The normalized spacial score (nSPS) is 11.1. The number of unbranched alkanes of at least 4 members (excludes halogenated alkanes) is 11. The van der Waals surface area contributed by atoms with Crippen molar-refractivity contribution < 1.29 is 4.79 Å². The van der Waals surface area contributed by atoms with Crippen LogP contribution in [0.1, 0.15) is 96.1 Å². The lowest BCUT2D eigenvalue weighted by atomic mass is 10.0. The minimum atomic E-state index is 0.332. The lowest BCUT2D eigenvalue weighted by molar-refractivity contribution is -0.117. The fourth-order valence-electron chi connectivity index (χ4n) is 3.49. The smallest absolute Gasteiger partial charge is 0.162 e. The number of carbonyl (C=O) groups excluding carboxylic acids is 1. The molecule has 0 fully saturated rings. The first-order valence-electron chi connectivity index (χ1n) is 10.8. The summed E-state index contributed by atoms with van der Waals surface area (Å²) < 4.78 is 0. The van der Waals surface area contributed by atoms with Crippen molar-refractivity contribution in [3.8, 4) is 0 Å². The molecule has 2 aromatic rings. The number of ketones is 1. The van der Waals surface area contributed by atoms with Crippen LogP contribution in [-0.4, -0.2) is 20.7 Å². The number of pyridine rings is 1. The van der Waals surface area contributed by atoms with E-state index in [4.69, 9.17) is 0 Å². The van der Waals surface area contributed by atoms with Crippen LogP contribution in [0.5, 0.6) is 0 Å². The topological polar surface area (TPSA) is 55.7 Å². The Labute approximate surface area is 164 Å². The van der Waals surface area contributed by atoms with E-state index in [-0.39, 0.29) is 0 Å². The molecule has 0 saturated heterocycles. The van der Waals surface area contributed by atoms with Gasteiger partial charge in [0, 0.05) is 23.7 Å². The first kappa shape index (κ1) is 21.5.